The van der Waals surface area contributed by atoms with Crippen LogP contribution in [-0.4, -0.2) is 190 Å². The number of aliphatic hydroxyl groups is 1. The lowest BCUT2D eigenvalue weighted by molar-refractivity contribution is -0.177. The molecule has 0 aromatic heterocycles. The minimum Gasteiger partial charge on any atom is -0.462 e. The van der Waals surface area contributed by atoms with Crippen LogP contribution >= 0.6 is 0 Å². The Bertz CT molecular complexity index is 2660. The van der Waals surface area contributed by atoms with Gasteiger partial charge < -0.3 is 55.0 Å². The van der Waals surface area contributed by atoms with E-state index in [9.17, 15) is 24.3 Å². The monoisotopic (exact) mass is 1200 g/mol. The maximum Gasteiger partial charge on any atom is 0.332 e. The summed E-state index contributed by atoms with van der Waals surface area (Å²) < 4.78 is 11.9. The molecule has 0 bridgehead atoms. The first kappa shape index (κ1) is 69.9. The second kappa shape index (κ2) is 31.7. The van der Waals surface area contributed by atoms with Crippen LogP contribution in [0.25, 0.3) is 0 Å². The molecule has 2 saturated heterocycles. The predicted molar refractivity (Wildman–Crippen MR) is 324 cm³/mol. The molecule has 0 spiro atoms. The molecule has 8 amide bonds. The van der Waals surface area contributed by atoms with Crippen molar-refractivity contribution in [2.45, 2.75) is 219 Å². The SMILES string of the molecule is CC[C@@H](C)[C@@H]1OC(=O)[C@H](C(C)(C)O)N(C)C(=O)[C@H](CCC(=O)OC2CCCCC2)NC(=O)[C@H](C(C)C)N(C)C(=O)[C@@H]([C@H](C)CC)NC(=O)[C@@H]2CCCN2C(=O)[C@H](Cc2ccccc2)N(C)C(=O)[C@H](Cc2ccccc2)NC(=O)[C@H](C(C)C)N(C)C1=O. The molecule has 0 radical (unpaired) electrons. The molecule has 1 aliphatic carbocycles. The fourth-order valence-corrected chi connectivity index (χ4v) is 12.2. The Morgan fingerprint density at radius 2 is 1.12 bits per heavy atom. The summed E-state index contributed by atoms with van der Waals surface area (Å²) in [4.78, 5) is 155. The van der Waals surface area contributed by atoms with Gasteiger partial charge in [-0.25, -0.2) is 4.79 Å². The first-order valence-electron chi connectivity index (χ1n) is 31.0. The number of benzene rings is 2. The van der Waals surface area contributed by atoms with Gasteiger partial charge >= 0.3 is 11.9 Å². The molecule has 0 unspecified atom stereocenters. The molecular weight excluding hydrogens is 1100 g/mol. The summed E-state index contributed by atoms with van der Waals surface area (Å²) in [5.41, 5.74) is -0.678. The summed E-state index contributed by atoms with van der Waals surface area (Å²) in [6.45, 7) is 16.6. The summed E-state index contributed by atoms with van der Waals surface area (Å²) in [6.07, 6.45) is 2.94. The van der Waals surface area contributed by atoms with Gasteiger partial charge in [-0.15, -0.1) is 0 Å². The van der Waals surface area contributed by atoms with Gasteiger partial charge in [0.1, 0.15) is 48.4 Å². The number of hydrogen-bond donors (Lipinski definition) is 4. The van der Waals surface area contributed by atoms with Gasteiger partial charge in [-0.05, 0) is 94.1 Å². The number of ether oxygens (including phenoxy) is 2. The molecular formula is C65H98N8O13. The zero-order valence-corrected chi connectivity index (χ0v) is 53.3. The average Bonchev–Trinajstić information content (AvgIpc) is 4.13. The molecule has 21 heteroatoms. The van der Waals surface area contributed by atoms with Crippen LogP contribution < -0.4 is 16.0 Å². The van der Waals surface area contributed by atoms with Crippen molar-refractivity contribution >= 4 is 59.2 Å². The predicted octanol–water partition coefficient (Wildman–Crippen LogP) is 4.98. The quantitative estimate of drug-likeness (QED) is 0.172. The van der Waals surface area contributed by atoms with Crippen molar-refractivity contribution < 1.29 is 62.5 Å². The lowest BCUT2D eigenvalue weighted by Crippen LogP contribution is -2.63. The van der Waals surface area contributed by atoms with Crippen LogP contribution in [0.15, 0.2) is 60.7 Å². The number of nitrogens with one attached hydrogen (secondary N) is 3. The highest BCUT2D eigenvalue weighted by molar-refractivity contribution is 5.99. The maximum absolute atomic E-state index is 15.4. The van der Waals surface area contributed by atoms with Crippen molar-refractivity contribution in [1.82, 2.24) is 40.4 Å². The summed E-state index contributed by atoms with van der Waals surface area (Å²) in [6, 6.07) is 7.32. The van der Waals surface area contributed by atoms with E-state index in [4.69, 9.17) is 9.47 Å². The van der Waals surface area contributed by atoms with E-state index in [1.807, 2.05) is 43.3 Å². The minimum absolute atomic E-state index is 0.0267. The van der Waals surface area contributed by atoms with E-state index in [2.05, 4.69) is 16.0 Å². The molecule has 11 atom stereocenters. The van der Waals surface area contributed by atoms with Crippen LogP contribution in [0.1, 0.15) is 151 Å². The highest BCUT2D eigenvalue weighted by Gasteiger charge is 2.48. The van der Waals surface area contributed by atoms with E-state index < -0.39 is 143 Å². The largest absolute Gasteiger partial charge is 0.462 e. The van der Waals surface area contributed by atoms with Gasteiger partial charge in [-0.1, -0.05) is 129 Å². The van der Waals surface area contributed by atoms with E-state index in [1.165, 1.54) is 56.7 Å². The van der Waals surface area contributed by atoms with E-state index in [0.717, 1.165) is 29.1 Å². The summed E-state index contributed by atoms with van der Waals surface area (Å²) >= 11 is 0. The van der Waals surface area contributed by atoms with E-state index in [-0.39, 0.29) is 44.8 Å². The van der Waals surface area contributed by atoms with Crippen molar-refractivity contribution in [2.75, 3.05) is 34.7 Å². The highest BCUT2D eigenvalue weighted by atomic mass is 16.6. The molecule has 2 aromatic rings. The van der Waals surface area contributed by atoms with Gasteiger partial charge in [0.05, 0.1) is 5.60 Å². The number of nitrogens with zero attached hydrogens (tertiary/aromatic N) is 5. The normalized spacial score (nSPS) is 26.5. The van der Waals surface area contributed by atoms with E-state index in [1.54, 1.807) is 72.7 Å². The molecule has 4 N–H and O–H groups in total. The van der Waals surface area contributed by atoms with Crippen LogP contribution in [-0.2, 0) is 70.3 Å². The van der Waals surface area contributed by atoms with Gasteiger partial charge in [0.25, 0.3) is 5.91 Å². The van der Waals surface area contributed by atoms with E-state index >= 15 is 28.8 Å². The second-order valence-electron chi connectivity index (χ2n) is 25.3. The third-order valence-electron chi connectivity index (χ3n) is 17.6. The highest BCUT2D eigenvalue weighted by Crippen LogP contribution is 2.28. The van der Waals surface area contributed by atoms with Crippen LogP contribution in [0, 0.1) is 23.7 Å². The zero-order valence-electron chi connectivity index (χ0n) is 53.3. The third-order valence-corrected chi connectivity index (χ3v) is 17.6. The molecule has 476 valence electrons. The molecule has 2 heterocycles. The van der Waals surface area contributed by atoms with Crippen molar-refractivity contribution in [3.05, 3.63) is 71.8 Å². The molecule has 5 rings (SSSR count). The Labute approximate surface area is 509 Å². The lowest BCUT2D eigenvalue weighted by atomic mass is 9.94. The van der Waals surface area contributed by atoms with Gasteiger partial charge in [-0.3, -0.25) is 43.2 Å². The first-order chi connectivity index (χ1) is 40.5. The number of likely N-dealkylation sites (N-methyl/N-ethyl adjacent to an activating group) is 4. The second-order valence-corrected chi connectivity index (χ2v) is 25.3. The van der Waals surface area contributed by atoms with Crippen molar-refractivity contribution in [1.29, 1.82) is 0 Å². The van der Waals surface area contributed by atoms with Gasteiger partial charge in [-0.2, -0.15) is 0 Å². The number of rotatable bonds is 15. The molecule has 2 aromatic carbocycles. The number of fused-ring (bicyclic) bond motifs is 1. The fraction of sp³-hybridized carbons (Fsp3) is 0.662. The fourth-order valence-electron chi connectivity index (χ4n) is 12.2. The Balaban J connectivity index is 1.69. The molecule has 2 aliphatic heterocycles. The number of cyclic esters (lactones) is 1. The molecule has 3 aliphatic rings. The summed E-state index contributed by atoms with van der Waals surface area (Å²) in [7, 11) is 5.53. The smallest absolute Gasteiger partial charge is 0.332 e. The number of carbonyl (C=O) groups excluding carboxylic acids is 10. The summed E-state index contributed by atoms with van der Waals surface area (Å²) in [5, 5.41) is 20.5. The van der Waals surface area contributed by atoms with Gasteiger partial charge in [0.15, 0.2) is 12.1 Å². The van der Waals surface area contributed by atoms with Crippen molar-refractivity contribution in [3.63, 3.8) is 0 Å². The Morgan fingerprint density at radius 1 is 0.605 bits per heavy atom. The number of hydrogen-bond acceptors (Lipinski definition) is 13. The first-order valence-corrected chi connectivity index (χ1v) is 31.0. The lowest BCUT2D eigenvalue weighted by Gasteiger charge is -2.39. The van der Waals surface area contributed by atoms with Gasteiger partial charge in [0.2, 0.25) is 41.4 Å². The zero-order chi connectivity index (χ0) is 63.9. The molecule has 3 fully saturated rings. The molecule has 21 nitrogen and oxygen atoms in total. The standard InChI is InChI=1S/C65H98N8O13/c1-15-41(7)51-62(81)70(12)52(39(3)4)57(76)66-46(34-35-50(74)85-45-31-24-19-25-32-45)59(78)72(14)55(65(9,10)84)64(83)86-54(42(8)16-2)63(82)71(13)53(40(5)6)58(77)67-47(37-43-27-20-17-21-28-43)60(79)69(11)49(38-44-29-22-18-23-30-44)61(80)73-36-26-33-48(73)56(75)68-51/h17-18,20-23,27-30,39-42,45-49,51-55,84H,15-16,19,24-26,31-38H2,1-14H3,(H,66,76)(H,67,77)(H,68,75)/t41-,42-,46+,47+,48+,49+,51-,52+,53+,54+,55-/m1/s1. The Hall–Kier alpha value is -6.90. The maximum atomic E-state index is 15.4. The van der Waals surface area contributed by atoms with Crippen molar-refractivity contribution in [2.24, 2.45) is 23.7 Å². The van der Waals surface area contributed by atoms with Crippen LogP contribution in [0.2, 0.25) is 0 Å². The Morgan fingerprint density at radius 3 is 1.64 bits per heavy atom. The Kier molecular flexibility index (Phi) is 25.7. The van der Waals surface area contributed by atoms with Crippen LogP contribution in [0.5, 0.6) is 0 Å². The molecule has 86 heavy (non-hydrogen) atoms. The molecule has 1 saturated carbocycles. The number of amides is 8. The van der Waals surface area contributed by atoms with E-state index in [0.29, 0.717) is 43.2 Å². The average molecular weight is 1200 g/mol. The third kappa shape index (κ3) is 17.9. The summed E-state index contributed by atoms with van der Waals surface area (Å²) in [5.74, 6) is -9.86. The van der Waals surface area contributed by atoms with Crippen LogP contribution in [0.4, 0.5) is 0 Å². The van der Waals surface area contributed by atoms with Crippen LogP contribution in [0.3, 0.4) is 0 Å². The van der Waals surface area contributed by atoms with Gasteiger partial charge in [0, 0.05) is 59.9 Å². The number of esters is 2. The number of carbonyl (C=O) groups is 10. The van der Waals surface area contributed by atoms with Crippen molar-refractivity contribution in [3.8, 4) is 0 Å². The minimum atomic E-state index is -2.07. The topological polar surface area (TPSA) is 262 Å².